The molecule has 0 saturated carbocycles. The van der Waals surface area contributed by atoms with Gasteiger partial charge in [-0.3, -0.25) is 0 Å². The minimum atomic E-state index is -3.88. The molecule has 130 valence electrons. The number of hydrogen-bond acceptors (Lipinski definition) is 6. The molecule has 1 heterocycles. The van der Waals surface area contributed by atoms with Gasteiger partial charge in [-0.05, 0) is 6.07 Å². The lowest BCUT2D eigenvalue weighted by atomic mass is 10.3. The van der Waals surface area contributed by atoms with Crippen LogP contribution in [0, 0.1) is 0 Å². The molecule has 2 N–H and O–H groups in total. The molecule has 1 aromatic heterocycles. The molecule has 0 aliphatic heterocycles. The van der Waals surface area contributed by atoms with E-state index in [2.05, 4.69) is 9.71 Å². The van der Waals surface area contributed by atoms with E-state index in [0.29, 0.717) is 5.01 Å². The monoisotopic (exact) mass is 410 g/mol. The number of benzene rings is 1. The average molecular weight is 411 g/mol. The van der Waals surface area contributed by atoms with Crippen LogP contribution in [0.2, 0.25) is 10.0 Å². The van der Waals surface area contributed by atoms with Crippen molar-refractivity contribution in [3.63, 3.8) is 0 Å². The summed E-state index contributed by atoms with van der Waals surface area (Å²) >= 11 is 13.0. The second-order valence-electron chi connectivity index (χ2n) is 4.50. The fourth-order valence-corrected chi connectivity index (χ4v) is 4.42. The second-order valence-corrected chi connectivity index (χ2v) is 7.99. The van der Waals surface area contributed by atoms with Crippen LogP contribution in [-0.4, -0.2) is 38.1 Å². The van der Waals surface area contributed by atoms with Crippen LogP contribution in [0.5, 0.6) is 5.75 Å². The molecule has 0 fully saturated rings. The molecule has 0 aliphatic carbocycles. The van der Waals surface area contributed by atoms with Crippen LogP contribution < -0.4 is 9.46 Å². The number of aromatic carboxylic acids is 1. The van der Waals surface area contributed by atoms with Crippen LogP contribution in [-0.2, 0) is 16.4 Å². The molecule has 0 aliphatic rings. The highest BCUT2D eigenvalue weighted by molar-refractivity contribution is 7.89. The Morgan fingerprint density at radius 2 is 2.08 bits per heavy atom. The summed E-state index contributed by atoms with van der Waals surface area (Å²) in [5, 5.41) is 10.8. The van der Waals surface area contributed by atoms with Gasteiger partial charge in [0, 0.05) is 24.4 Å². The predicted molar refractivity (Wildman–Crippen MR) is 91.0 cm³/mol. The van der Waals surface area contributed by atoms with Gasteiger partial charge in [0.25, 0.3) is 0 Å². The number of ether oxygens (including phenoxy) is 1. The maximum absolute atomic E-state index is 12.3. The van der Waals surface area contributed by atoms with Gasteiger partial charge in [-0.2, -0.15) is 0 Å². The van der Waals surface area contributed by atoms with E-state index in [4.69, 9.17) is 33.0 Å². The Morgan fingerprint density at radius 1 is 1.38 bits per heavy atom. The van der Waals surface area contributed by atoms with Crippen molar-refractivity contribution in [2.45, 2.75) is 11.3 Å². The lowest BCUT2D eigenvalue weighted by Gasteiger charge is -2.10. The molecular formula is C13H12Cl2N2O5S2. The van der Waals surface area contributed by atoms with Gasteiger partial charge in [0.2, 0.25) is 10.0 Å². The van der Waals surface area contributed by atoms with Crippen molar-refractivity contribution in [3.8, 4) is 5.75 Å². The fraction of sp³-hybridized carbons (Fsp3) is 0.231. The Bertz CT molecular complexity index is 867. The fourth-order valence-electron chi connectivity index (χ4n) is 1.77. The van der Waals surface area contributed by atoms with Gasteiger partial charge in [0.05, 0.1) is 22.2 Å². The van der Waals surface area contributed by atoms with E-state index in [-0.39, 0.29) is 39.3 Å². The summed E-state index contributed by atoms with van der Waals surface area (Å²) in [4.78, 5) is 14.5. The largest absolute Gasteiger partial charge is 0.495 e. The summed E-state index contributed by atoms with van der Waals surface area (Å²) in [6.45, 7) is 0.0366. The quantitative estimate of drug-likeness (QED) is 0.726. The van der Waals surface area contributed by atoms with Gasteiger partial charge in [-0.25, -0.2) is 22.9 Å². The smallest absolute Gasteiger partial charge is 0.355 e. The maximum Gasteiger partial charge on any atom is 0.355 e. The molecule has 0 spiro atoms. The van der Waals surface area contributed by atoms with Crippen molar-refractivity contribution in [1.82, 2.24) is 9.71 Å². The molecule has 2 aromatic rings. The predicted octanol–water partition coefficient (Wildman–Crippen LogP) is 2.68. The van der Waals surface area contributed by atoms with Crippen LogP contribution in [0.4, 0.5) is 0 Å². The van der Waals surface area contributed by atoms with E-state index in [1.807, 2.05) is 0 Å². The lowest BCUT2D eigenvalue weighted by Crippen LogP contribution is -2.26. The number of methoxy groups -OCH3 is 1. The van der Waals surface area contributed by atoms with Crippen LogP contribution in [0.1, 0.15) is 15.5 Å². The number of halogens is 2. The van der Waals surface area contributed by atoms with E-state index >= 15 is 0 Å². The summed E-state index contributed by atoms with van der Waals surface area (Å²) in [5.41, 5.74) is -0.0668. The number of thiazole rings is 1. The highest BCUT2D eigenvalue weighted by Gasteiger charge is 2.20. The van der Waals surface area contributed by atoms with E-state index < -0.39 is 16.0 Å². The van der Waals surface area contributed by atoms with E-state index in [0.717, 1.165) is 11.3 Å². The molecule has 0 atom stereocenters. The molecule has 0 radical (unpaired) electrons. The molecule has 24 heavy (non-hydrogen) atoms. The minimum absolute atomic E-state index is 0.0221. The van der Waals surface area contributed by atoms with Gasteiger partial charge >= 0.3 is 5.97 Å². The first-order valence-electron chi connectivity index (χ1n) is 6.45. The Labute approximate surface area is 152 Å². The standard InChI is InChI=1S/C13H12Cl2N2O5S2/c1-22-10-4-8(15)11(5-7(10)14)24(20,21)16-3-2-12-17-9(6-23-12)13(18)19/h4-6,16H,2-3H2,1H3,(H,18,19). The number of rotatable bonds is 7. The van der Waals surface area contributed by atoms with Crippen LogP contribution in [0.3, 0.4) is 0 Å². The number of sulfonamides is 1. The SMILES string of the molecule is COc1cc(Cl)c(S(=O)(=O)NCCc2nc(C(=O)O)cs2)cc1Cl. The van der Waals surface area contributed by atoms with Crippen LogP contribution >= 0.6 is 34.5 Å². The lowest BCUT2D eigenvalue weighted by molar-refractivity contribution is 0.0691. The Balaban J connectivity index is 2.08. The maximum atomic E-state index is 12.3. The first kappa shape index (κ1) is 18.9. The summed E-state index contributed by atoms with van der Waals surface area (Å²) in [6.07, 6.45) is 0.249. The molecule has 11 heteroatoms. The molecule has 0 unspecified atom stereocenters. The van der Waals surface area contributed by atoms with E-state index in [1.54, 1.807) is 0 Å². The number of carbonyl (C=O) groups is 1. The zero-order chi connectivity index (χ0) is 17.9. The zero-order valence-corrected chi connectivity index (χ0v) is 15.4. The molecule has 7 nitrogen and oxygen atoms in total. The van der Waals surface area contributed by atoms with Crippen molar-refractivity contribution < 1.29 is 23.1 Å². The number of nitrogens with one attached hydrogen (secondary N) is 1. The van der Waals surface area contributed by atoms with Crippen LogP contribution in [0.15, 0.2) is 22.4 Å². The Morgan fingerprint density at radius 3 is 2.67 bits per heavy atom. The van der Waals surface area contributed by atoms with Crippen molar-refractivity contribution >= 4 is 50.5 Å². The van der Waals surface area contributed by atoms with Gasteiger partial charge < -0.3 is 9.84 Å². The number of hydrogen-bond donors (Lipinski definition) is 2. The van der Waals surface area contributed by atoms with Crippen molar-refractivity contribution in [2.24, 2.45) is 0 Å². The van der Waals surface area contributed by atoms with Crippen molar-refractivity contribution in [3.05, 3.63) is 38.3 Å². The number of carboxylic acids is 1. The third-order valence-electron chi connectivity index (χ3n) is 2.90. The summed E-state index contributed by atoms with van der Waals surface area (Å²) in [6, 6.07) is 2.52. The summed E-state index contributed by atoms with van der Waals surface area (Å²) < 4.78 is 31.9. The molecule has 0 bridgehead atoms. The van der Waals surface area contributed by atoms with Gasteiger partial charge in [0.15, 0.2) is 5.69 Å². The summed E-state index contributed by atoms with van der Waals surface area (Å²) in [5.74, 6) is -0.859. The molecule has 0 amide bonds. The number of nitrogens with zero attached hydrogens (tertiary/aromatic N) is 1. The van der Waals surface area contributed by atoms with Crippen molar-refractivity contribution in [1.29, 1.82) is 0 Å². The minimum Gasteiger partial charge on any atom is -0.495 e. The van der Waals surface area contributed by atoms with Gasteiger partial charge in [-0.1, -0.05) is 23.2 Å². The number of carboxylic acid groups (broad SMARTS) is 1. The molecule has 0 saturated heterocycles. The normalized spacial score (nSPS) is 11.5. The third kappa shape index (κ3) is 4.37. The molecule has 2 rings (SSSR count). The highest BCUT2D eigenvalue weighted by atomic mass is 35.5. The van der Waals surface area contributed by atoms with E-state index in [1.165, 1.54) is 24.6 Å². The third-order valence-corrected chi connectivity index (χ3v) is 6.03. The van der Waals surface area contributed by atoms with Gasteiger partial charge in [-0.15, -0.1) is 11.3 Å². The Kier molecular flexibility index (Phi) is 6.05. The first-order chi connectivity index (χ1) is 11.2. The molecular weight excluding hydrogens is 399 g/mol. The topological polar surface area (TPSA) is 106 Å². The van der Waals surface area contributed by atoms with E-state index in [9.17, 15) is 13.2 Å². The molecule has 1 aromatic carbocycles. The first-order valence-corrected chi connectivity index (χ1v) is 9.57. The highest BCUT2D eigenvalue weighted by Crippen LogP contribution is 2.33. The average Bonchev–Trinajstić information content (AvgIpc) is 2.98. The number of aromatic nitrogens is 1. The van der Waals surface area contributed by atoms with Crippen LogP contribution in [0.25, 0.3) is 0 Å². The summed E-state index contributed by atoms with van der Waals surface area (Å²) in [7, 11) is -2.49. The second kappa shape index (κ2) is 7.66. The van der Waals surface area contributed by atoms with Gasteiger partial charge in [0.1, 0.15) is 10.6 Å². The zero-order valence-electron chi connectivity index (χ0n) is 12.2. The Hall–Kier alpha value is -1.39. The van der Waals surface area contributed by atoms with Crippen molar-refractivity contribution in [2.75, 3.05) is 13.7 Å².